The minimum atomic E-state index is -3.80. The summed E-state index contributed by atoms with van der Waals surface area (Å²) in [5.74, 6) is -2.91. The van der Waals surface area contributed by atoms with Gasteiger partial charge in [-0.1, -0.05) is 6.07 Å². The lowest BCUT2D eigenvalue weighted by atomic mass is 9.99. The summed E-state index contributed by atoms with van der Waals surface area (Å²) in [5, 5.41) is 3.00. The SMILES string of the molecule is CS(=O)(=O)c1cc(C2CCC(F)(F)CO2)ccc1Nc1cc(CC(=O)C2CC2)nc2c1N=C(C(F)F)C2. The summed E-state index contributed by atoms with van der Waals surface area (Å²) in [6, 6.07) is 5.97. The number of nitrogens with zero attached hydrogens (tertiary/aromatic N) is 2. The number of nitrogens with one attached hydrogen (secondary N) is 1. The zero-order chi connectivity index (χ0) is 26.5. The Morgan fingerprint density at radius 1 is 1.19 bits per heavy atom. The van der Waals surface area contributed by atoms with Crippen LogP contribution in [0.4, 0.5) is 34.6 Å². The van der Waals surface area contributed by atoms with Gasteiger partial charge in [-0.15, -0.1) is 0 Å². The molecule has 37 heavy (non-hydrogen) atoms. The van der Waals surface area contributed by atoms with Gasteiger partial charge in [0.15, 0.2) is 9.84 Å². The second-order valence-corrected chi connectivity index (χ2v) is 11.8. The predicted molar refractivity (Wildman–Crippen MR) is 128 cm³/mol. The van der Waals surface area contributed by atoms with Crippen LogP contribution in [0.3, 0.4) is 0 Å². The minimum Gasteiger partial charge on any atom is -0.367 e. The second-order valence-electron chi connectivity index (χ2n) is 9.80. The van der Waals surface area contributed by atoms with Crippen molar-refractivity contribution in [1.82, 2.24) is 4.98 Å². The van der Waals surface area contributed by atoms with Crippen LogP contribution in [-0.4, -0.2) is 50.1 Å². The zero-order valence-corrected chi connectivity index (χ0v) is 20.8. The smallest absolute Gasteiger partial charge is 0.277 e. The van der Waals surface area contributed by atoms with Gasteiger partial charge < -0.3 is 10.1 Å². The topological polar surface area (TPSA) is 97.7 Å². The molecule has 0 spiro atoms. The number of carbonyl (C=O) groups is 1. The minimum absolute atomic E-state index is 0.00863. The Balaban J connectivity index is 1.50. The number of pyridine rings is 1. The number of benzene rings is 1. The van der Waals surface area contributed by atoms with E-state index >= 15 is 0 Å². The lowest BCUT2D eigenvalue weighted by Crippen LogP contribution is -2.31. The number of rotatable bonds is 8. The molecule has 2 fully saturated rings. The van der Waals surface area contributed by atoms with E-state index in [9.17, 15) is 30.8 Å². The van der Waals surface area contributed by atoms with Crippen molar-refractivity contribution in [3.8, 4) is 0 Å². The number of carbonyl (C=O) groups excluding carboxylic acids is 1. The highest BCUT2D eigenvalue weighted by Gasteiger charge is 2.37. The van der Waals surface area contributed by atoms with Crippen LogP contribution in [0.1, 0.15) is 48.7 Å². The van der Waals surface area contributed by atoms with E-state index in [1.54, 1.807) is 6.07 Å². The Morgan fingerprint density at radius 2 is 1.95 bits per heavy atom. The van der Waals surface area contributed by atoms with Crippen LogP contribution in [0.5, 0.6) is 0 Å². The van der Waals surface area contributed by atoms with Crippen molar-refractivity contribution < 1.29 is 35.5 Å². The molecule has 2 aliphatic heterocycles. The third kappa shape index (κ3) is 5.69. The van der Waals surface area contributed by atoms with Crippen molar-refractivity contribution in [2.75, 3.05) is 18.2 Å². The quantitative estimate of drug-likeness (QED) is 0.467. The molecule has 1 saturated heterocycles. The number of ether oxygens (including phenoxy) is 1. The van der Waals surface area contributed by atoms with E-state index in [1.807, 2.05) is 0 Å². The number of halogens is 4. The third-order valence-corrected chi connectivity index (χ3v) is 7.81. The molecule has 1 saturated carbocycles. The van der Waals surface area contributed by atoms with Crippen LogP contribution < -0.4 is 5.32 Å². The molecule has 0 bridgehead atoms. The lowest BCUT2D eigenvalue weighted by molar-refractivity contribution is -0.145. The molecular weight excluding hydrogens is 514 g/mol. The Kier molecular flexibility index (Phi) is 6.59. The number of fused-ring (bicyclic) bond motifs is 1. The number of hydrogen-bond acceptors (Lipinski definition) is 7. The first-order valence-corrected chi connectivity index (χ1v) is 13.8. The maximum absolute atomic E-state index is 13.5. The summed E-state index contributed by atoms with van der Waals surface area (Å²) in [7, 11) is -3.80. The van der Waals surface area contributed by atoms with Gasteiger partial charge in [0.1, 0.15) is 18.1 Å². The van der Waals surface area contributed by atoms with E-state index in [2.05, 4.69) is 15.3 Å². The molecule has 3 heterocycles. The lowest BCUT2D eigenvalue weighted by Gasteiger charge is -2.29. The van der Waals surface area contributed by atoms with Gasteiger partial charge in [-0.05, 0) is 43.0 Å². The van der Waals surface area contributed by atoms with Gasteiger partial charge in [0.05, 0.1) is 39.5 Å². The van der Waals surface area contributed by atoms with Crippen molar-refractivity contribution in [3.63, 3.8) is 0 Å². The maximum Gasteiger partial charge on any atom is 0.277 e. The summed E-state index contributed by atoms with van der Waals surface area (Å²) in [5.41, 5.74) is 1.33. The number of anilines is 2. The van der Waals surface area contributed by atoms with E-state index in [1.165, 1.54) is 18.2 Å². The van der Waals surface area contributed by atoms with Crippen LogP contribution >= 0.6 is 0 Å². The molecule has 0 radical (unpaired) electrons. The van der Waals surface area contributed by atoms with Crippen molar-refractivity contribution >= 4 is 38.4 Å². The van der Waals surface area contributed by atoms with Gasteiger partial charge in [0.2, 0.25) is 0 Å². The van der Waals surface area contributed by atoms with Gasteiger partial charge in [-0.25, -0.2) is 31.0 Å². The molecular formula is C25H25F4N3O4S. The summed E-state index contributed by atoms with van der Waals surface area (Å²) in [4.78, 5) is 20.7. The van der Waals surface area contributed by atoms with Crippen molar-refractivity contribution in [1.29, 1.82) is 0 Å². The first kappa shape index (κ1) is 25.8. The molecule has 3 aliphatic rings. The van der Waals surface area contributed by atoms with Gasteiger partial charge in [0.25, 0.3) is 12.3 Å². The zero-order valence-electron chi connectivity index (χ0n) is 19.9. The highest BCUT2D eigenvalue weighted by atomic mass is 32.2. The van der Waals surface area contributed by atoms with E-state index in [0.29, 0.717) is 11.3 Å². The number of Topliss-reactive ketones (excluding diaryl/α,β-unsaturated/α-hetero) is 1. The average Bonchev–Trinajstić information content (AvgIpc) is 3.58. The number of sulfone groups is 1. The molecule has 7 nitrogen and oxygen atoms in total. The molecule has 1 unspecified atom stereocenters. The highest BCUT2D eigenvalue weighted by molar-refractivity contribution is 7.90. The molecule has 5 rings (SSSR count). The largest absolute Gasteiger partial charge is 0.367 e. The molecule has 1 aliphatic carbocycles. The Hall–Kier alpha value is -2.86. The van der Waals surface area contributed by atoms with Crippen LogP contribution in [0, 0.1) is 5.92 Å². The normalized spacial score (nSPS) is 21.0. The van der Waals surface area contributed by atoms with Crippen LogP contribution in [-0.2, 0) is 32.2 Å². The number of hydrogen-bond donors (Lipinski definition) is 1. The summed E-state index contributed by atoms with van der Waals surface area (Å²) < 4.78 is 84.4. The Morgan fingerprint density at radius 3 is 2.57 bits per heavy atom. The molecule has 1 aromatic carbocycles. The number of ketones is 1. The fourth-order valence-corrected chi connectivity index (χ4v) is 5.44. The fraction of sp³-hybridized carbons (Fsp3) is 0.480. The number of alkyl halides is 4. The van der Waals surface area contributed by atoms with E-state index in [4.69, 9.17) is 4.74 Å². The average molecular weight is 540 g/mol. The van der Waals surface area contributed by atoms with Crippen LogP contribution in [0.15, 0.2) is 34.2 Å². The summed E-state index contributed by atoms with van der Waals surface area (Å²) in [6.45, 7) is -0.748. The summed E-state index contributed by atoms with van der Waals surface area (Å²) in [6.07, 6.45) is -1.29. The fourth-order valence-electron chi connectivity index (χ4n) is 4.57. The third-order valence-electron chi connectivity index (χ3n) is 6.68. The Bertz CT molecular complexity index is 1380. The molecule has 0 amide bonds. The Labute approximate surface area is 211 Å². The van der Waals surface area contributed by atoms with Gasteiger partial charge in [-0.2, -0.15) is 0 Å². The molecule has 2 aromatic rings. The van der Waals surface area contributed by atoms with E-state index in [0.717, 1.165) is 19.1 Å². The first-order chi connectivity index (χ1) is 17.4. The second kappa shape index (κ2) is 9.46. The van der Waals surface area contributed by atoms with Gasteiger partial charge >= 0.3 is 0 Å². The summed E-state index contributed by atoms with van der Waals surface area (Å²) >= 11 is 0. The van der Waals surface area contributed by atoms with Crippen molar-refractivity contribution in [2.24, 2.45) is 10.9 Å². The van der Waals surface area contributed by atoms with Crippen LogP contribution in [0.2, 0.25) is 0 Å². The highest BCUT2D eigenvalue weighted by Crippen LogP contribution is 2.41. The molecule has 1 aromatic heterocycles. The van der Waals surface area contributed by atoms with Crippen molar-refractivity contribution in [3.05, 3.63) is 41.2 Å². The van der Waals surface area contributed by atoms with Crippen LogP contribution in [0.25, 0.3) is 0 Å². The molecule has 198 valence electrons. The molecule has 1 atom stereocenters. The van der Waals surface area contributed by atoms with Gasteiger partial charge in [-0.3, -0.25) is 9.78 Å². The van der Waals surface area contributed by atoms with Gasteiger partial charge in [0, 0.05) is 31.4 Å². The van der Waals surface area contributed by atoms with E-state index < -0.39 is 34.9 Å². The predicted octanol–water partition coefficient (Wildman–Crippen LogP) is 5.13. The monoisotopic (exact) mass is 539 g/mol. The number of aromatic nitrogens is 1. The standard InChI is InChI=1S/C25H25F4N3O4S/c1-37(34,35)22-8-14(21-6-7-25(28,29)12-36-21)4-5-16(22)31-17-9-15(10-20(33)13-2-3-13)30-18-11-19(24(26)27)32-23(17)18/h4-5,8-9,13,21,24H,2-3,6-7,10-12H2,1H3,(H,30,31). The molecule has 12 heteroatoms. The first-order valence-electron chi connectivity index (χ1n) is 11.9. The maximum atomic E-state index is 13.5. The number of aliphatic imine (C=N–C) groups is 1. The molecule has 1 N–H and O–H groups in total. The van der Waals surface area contributed by atoms with Crippen molar-refractivity contribution in [2.45, 2.75) is 61.9 Å². The van der Waals surface area contributed by atoms with E-state index in [-0.39, 0.29) is 70.7 Å².